The van der Waals surface area contributed by atoms with Gasteiger partial charge < -0.3 is 14.5 Å². The summed E-state index contributed by atoms with van der Waals surface area (Å²) in [5.74, 6) is 0.528. The van der Waals surface area contributed by atoms with E-state index < -0.39 is 0 Å². The van der Waals surface area contributed by atoms with Crippen molar-refractivity contribution in [2.75, 3.05) is 45.9 Å². The van der Waals surface area contributed by atoms with Gasteiger partial charge in [-0.3, -0.25) is 4.79 Å². The zero-order chi connectivity index (χ0) is 35.3. The molecule has 0 aliphatic carbocycles. The van der Waals surface area contributed by atoms with Gasteiger partial charge >= 0.3 is 5.97 Å². The SMILES string of the molecule is CCCCC/C=C\C/C=C\CCCCCCCCN(CCCCCCCCC(C)COC(=O)C(C)CCCCC)CCCN(CC)CC. The summed E-state index contributed by atoms with van der Waals surface area (Å²) in [5.41, 5.74) is 0. The topological polar surface area (TPSA) is 32.8 Å². The zero-order valence-corrected chi connectivity index (χ0v) is 33.6. The van der Waals surface area contributed by atoms with Crippen LogP contribution in [-0.2, 0) is 9.53 Å². The van der Waals surface area contributed by atoms with E-state index in [1.54, 1.807) is 0 Å². The minimum Gasteiger partial charge on any atom is -0.465 e. The number of hydrogen-bond acceptors (Lipinski definition) is 4. The number of allylic oxidation sites excluding steroid dienone is 4. The van der Waals surface area contributed by atoms with Crippen LogP contribution in [0.15, 0.2) is 24.3 Å². The number of carbonyl (C=O) groups is 1. The molecule has 0 radical (unpaired) electrons. The Morgan fingerprint density at radius 2 is 0.979 bits per heavy atom. The molecule has 0 saturated heterocycles. The average molecular weight is 675 g/mol. The Balaban J connectivity index is 4.03. The Hall–Kier alpha value is -1.13. The van der Waals surface area contributed by atoms with E-state index in [0.29, 0.717) is 12.5 Å². The molecule has 0 bridgehead atoms. The van der Waals surface area contributed by atoms with Gasteiger partial charge in [0.15, 0.2) is 0 Å². The molecular weight excluding hydrogens is 588 g/mol. The molecule has 284 valence electrons. The molecular formula is C44H86N2O2. The molecule has 0 N–H and O–H groups in total. The van der Waals surface area contributed by atoms with Crippen molar-refractivity contribution in [2.24, 2.45) is 11.8 Å². The summed E-state index contributed by atoms with van der Waals surface area (Å²) in [7, 11) is 0. The summed E-state index contributed by atoms with van der Waals surface area (Å²) in [4.78, 5) is 17.6. The van der Waals surface area contributed by atoms with Gasteiger partial charge in [0, 0.05) is 0 Å². The van der Waals surface area contributed by atoms with E-state index in [-0.39, 0.29) is 11.9 Å². The maximum Gasteiger partial charge on any atom is 0.308 e. The second-order valence-corrected chi connectivity index (χ2v) is 14.8. The van der Waals surface area contributed by atoms with Crippen LogP contribution in [0.2, 0.25) is 0 Å². The normalized spacial score (nSPS) is 13.4. The second-order valence-electron chi connectivity index (χ2n) is 14.8. The Bertz CT molecular complexity index is 717. The number of carbonyl (C=O) groups excluding carboxylic acids is 1. The predicted octanol–water partition coefficient (Wildman–Crippen LogP) is 13.0. The third kappa shape index (κ3) is 32.1. The molecule has 4 nitrogen and oxygen atoms in total. The van der Waals surface area contributed by atoms with Crippen LogP contribution in [-0.4, -0.2) is 61.6 Å². The number of esters is 1. The second kappa shape index (κ2) is 37.1. The van der Waals surface area contributed by atoms with Crippen molar-refractivity contribution in [3.8, 4) is 0 Å². The molecule has 0 spiro atoms. The predicted molar refractivity (Wildman–Crippen MR) is 214 cm³/mol. The zero-order valence-electron chi connectivity index (χ0n) is 33.6. The fourth-order valence-corrected chi connectivity index (χ4v) is 6.52. The Kier molecular flexibility index (Phi) is 36.3. The van der Waals surface area contributed by atoms with Gasteiger partial charge in [0.2, 0.25) is 0 Å². The van der Waals surface area contributed by atoms with Gasteiger partial charge in [-0.25, -0.2) is 0 Å². The number of hydrogen-bond donors (Lipinski definition) is 0. The minimum atomic E-state index is 0.00561. The lowest BCUT2D eigenvalue weighted by Gasteiger charge is -2.24. The van der Waals surface area contributed by atoms with Crippen LogP contribution in [0.25, 0.3) is 0 Å². The lowest BCUT2D eigenvalue weighted by molar-refractivity contribution is -0.149. The van der Waals surface area contributed by atoms with Gasteiger partial charge in [0.05, 0.1) is 12.5 Å². The van der Waals surface area contributed by atoms with E-state index in [1.807, 2.05) is 6.92 Å². The maximum atomic E-state index is 12.2. The van der Waals surface area contributed by atoms with Crippen molar-refractivity contribution in [3.63, 3.8) is 0 Å². The molecule has 4 heteroatoms. The van der Waals surface area contributed by atoms with E-state index >= 15 is 0 Å². The van der Waals surface area contributed by atoms with Crippen molar-refractivity contribution >= 4 is 5.97 Å². The summed E-state index contributed by atoms with van der Waals surface area (Å²) in [5, 5.41) is 0. The molecule has 0 aliphatic heterocycles. The monoisotopic (exact) mass is 675 g/mol. The fourth-order valence-electron chi connectivity index (χ4n) is 6.52. The molecule has 0 amide bonds. The number of ether oxygens (including phenoxy) is 1. The third-order valence-corrected chi connectivity index (χ3v) is 10.1. The Labute approximate surface area is 302 Å². The molecule has 2 atom stereocenters. The first-order valence-corrected chi connectivity index (χ1v) is 21.4. The lowest BCUT2D eigenvalue weighted by Crippen LogP contribution is -2.31. The highest BCUT2D eigenvalue weighted by Crippen LogP contribution is 2.16. The number of nitrogens with zero attached hydrogens (tertiary/aromatic N) is 2. The minimum absolute atomic E-state index is 0.00561. The van der Waals surface area contributed by atoms with Crippen molar-refractivity contribution in [1.29, 1.82) is 0 Å². The standard InChI is InChI=1S/C44H86N2O2/c1-7-11-13-14-15-16-17-18-19-20-21-22-23-25-28-32-37-46(40-34-39-45(9-3)10-4)38-33-29-26-24-27-31-35-42(5)41-48-44(47)43(6)36-30-12-8-2/h15-16,18-19,42-43H,7-14,17,20-41H2,1-6H3/b16-15-,19-18-. The van der Waals surface area contributed by atoms with Gasteiger partial charge in [0.25, 0.3) is 0 Å². The van der Waals surface area contributed by atoms with E-state index in [1.165, 1.54) is 174 Å². The fraction of sp³-hybridized carbons (Fsp3) is 0.886. The van der Waals surface area contributed by atoms with Gasteiger partial charge in [-0.2, -0.15) is 0 Å². The van der Waals surface area contributed by atoms with Gasteiger partial charge in [-0.15, -0.1) is 0 Å². The summed E-state index contributed by atoms with van der Waals surface area (Å²) in [6.07, 6.45) is 40.3. The van der Waals surface area contributed by atoms with Crippen LogP contribution < -0.4 is 0 Å². The smallest absolute Gasteiger partial charge is 0.308 e. The number of rotatable bonds is 37. The Morgan fingerprint density at radius 1 is 0.521 bits per heavy atom. The van der Waals surface area contributed by atoms with Crippen LogP contribution in [0.3, 0.4) is 0 Å². The van der Waals surface area contributed by atoms with Gasteiger partial charge in [0.1, 0.15) is 0 Å². The maximum absolute atomic E-state index is 12.2. The van der Waals surface area contributed by atoms with Crippen LogP contribution in [0.1, 0.15) is 196 Å². The highest BCUT2D eigenvalue weighted by Gasteiger charge is 2.15. The molecule has 2 unspecified atom stereocenters. The van der Waals surface area contributed by atoms with Crippen LogP contribution in [0, 0.1) is 11.8 Å². The highest BCUT2D eigenvalue weighted by atomic mass is 16.5. The third-order valence-electron chi connectivity index (χ3n) is 10.1. The lowest BCUT2D eigenvalue weighted by atomic mass is 10.0. The highest BCUT2D eigenvalue weighted by molar-refractivity contribution is 5.71. The van der Waals surface area contributed by atoms with Gasteiger partial charge in [-0.1, -0.05) is 156 Å². The Morgan fingerprint density at radius 3 is 1.56 bits per heavy atom. The quantitative estimate of drug-likeness (QED) is 0.0373. The first-order valence-electron chi connectivity index (χ1n) is 21.4. The van der Waals surface area contributed by atoms with Crippen molar-refractivity contribution < 1.29 is 9.53 Å². The molecule has 0 aromatic carbocycles. The van der Waals surface area contributed by atoms with Gasteiger partial charge in [-0.05, 0) is 109 Å². The molecule has 0 aromatic heterocycles. The average Bonchev–Trinajstić information content (AvgIpc) is 3.09. The van der Waals surface area contributed by atoms with Crippen LogP contribution >= 0.6 is 0 Å². The first-order chi connectivity index (χ1) is 23.5. The van der Waals surface area contributed by atoms with E-state index in [4.69, 9.17) is 4.74 Å². The molecule has 0 aliphatic rings. The van der Waals surface area contributed by atoms with Crippen molar-refractivity contribution in [3.05, 3.63) is 24.3 Å². The summed E-state index contributed by atoms with van der Waals surface area (Å²) in [6, 6.07) is 0. The molecule has 0 fully saturated rings. The molecule has 0 saturated carbocycles. The molecule has 48 heavy (non-hydrogen) atoms. The van der Waals surface area contributed by atoms with E-state index in [9.17, 15) is 4.79 Å². The van der Waals surface area contributed by atoms with E-state index in [2.05, 4.69) is 68.7 Å². The van der Waals surface area contributed by atoms with E-state index in [0.717, 1.165) is 19.3 Å². The largest absolute Gasteiger partial charge is 0.465 e. The van der Waals surface area contributed by atoms with Crippen molar-refractivity contribution in [1.82, 2.24) is 9.80 Å². The molecule has 0 aromatic rings. The first kappa shape index (κ1) is 46.9. The van der Waals surface area contributed by atoms with Crippen LogP contribution in [0.5, 0.6) is 0 Å². The molecule has 0 rings (SSSR count). The van der Waals surface area contributed by atoms with Crippen LogP contribution in [0.4, 0.5) is 0 Å². The summed E-state index contributed by atoms with van der Waals surface area (Å²) < 4.78 is 5.62. The molecule has 0 heterocycles. The summed E-state index contributed by atoms with van der Waals surface area (Å²) >= 11 is 0. The van der Waals surface area contributed by atoms with Crippen molar-refractivity contribution in [2.45, 2.75) is 196 Å². The number of unbranched alkanes of at least 4 members (excludes halogenated alkanes) is 16. The summed E-state index contributed by atoms with van der Waals surface area (Å²) in [6.45, 7) is 21.3.